The first-order chi connectivity index (χ1) is 6.79. The molecular formula is C10H16N4. The quantitative estimate of drug-likeness (QED) is 0.620. The molecule has 1 heterocycles. The highest BCUT2D eigenvalue weighted by atomic mass is 15.6. The summed E-state index contributed by atoms with van der Waals surface area (Å²) in [7, 11) is 1.79. The van der Waals surface area contributed by atoms with Crippen LogP contribution in [-0.2, 0) is 0 Å². The Kier molecular flexibility index (Phi) is 4.10. The van der Waals surface area contributed by atoms with E-state index in [4.69, 9.17) is 0 Å². The summed E-state index contributed by atoms with van der Waals surface area (Å²) in [6, 6.07) is 3.83. The van der Waals surface area contributed by atoms with Crippen LogP contribution in [0.15, 0.2) is 24.9 Å². The fourth-order valence-electron chi connectivity index (χ4n) is 1.09. The lowest BCUT2D eigenvalue weighted by Gasteiger charge is -2.11. The molecule has 0 spiro atoms. The van der Waals surface area contributed by atoms with E-state index in [2.05, 4.69) is 34.9 Å². The molecule has 0 fully saturated rings. The normalized spacial score (nSPS) is 9.86. The second-order valence-corrected chi connectivity index (χ2v) is 2.86. The van der Waals surface area contributed by atoms with Gasteiger partial charge in [-0.15, -0.1) is 0 Å². The molecule has 1 rings (SSSR count). The molecule has 0 atom stereocenters. The second kappa shape index (κ2) is 5.36. The summed E-state index contributed by atoms with van der Waals surface area (Å²) in [6.07, 6.45) is 2.66. The number of aromatic nitrogens is 1. The predicted octanol–water partition coefficient (Wildman–Crippen LogP) is 1.56. The molecule has 0 unspecified atom stereocenters. The van der Waals surface area contributed by atoms with E-state index in [0.717, 1.165) is 23.4 Å². The number of allylic oxidation sites excluding steroid dienone is 1. The molecule has 0 amide bonds. The molecule has 1 aromatic heterocycles. The molecular weight excluding hydrogens is 176 g/mol. The van der Waals surface area contributed by atoms with Gasteiger partial charge in [-0.05, 0) is 24.1 Å². The first-order valence-corrected chi connectivity index (χ1v) is 4.60. The maximum absolute atomic E-state index is 4.27. The van der Waals surface area contributed by atoms with Crippen LogP contribution in [-0.4, -0.2) is 12.0 Å². The molecule has 4 nitrogen and oxygen atoms in total. The van der Waals surface area contributed by atoms with E-state index in [-0.39, 0.29) is 0 Å². The molecule has 0 bridgehead atoms. The van der Waals surface area contributed by atoms with Crippen LogP contribution in [0.5, 0.6) is 0 Å². The van der Waals surface area contributed by atoms with Crippen molar-refractivity contribution < 1.29 is 0 Å². The number of pyridine rings is 1. The van der Waals surface area contributed by atoms with Crippen molar-refractivity contribution >= 4 is 11.3 Å². The van der Waals surface area contributed by atoms with Crippen molar-refractivity contribution in [3.63, 3.8) is 0 Å². The van der Waals surface area contributed by atoms with Crippen LogP contribution >= 0.6 is 0 Å². The Morgan fingerprint density at radius 3 is 3.00 bits per heavy atom. The topological polar surface area (TPSA) is 49.0 Å². The van der Waals surface area contributed by atoms with Gasteiger partial charge in [-0.3, -0.25) is 4.98 Å². The molecule has 76 valence electrons. The maximum Gasteiger partial charge on any atom is 0.0900 e. The molecule has 0 aliphatic rings. The van der Waals surface area contributed by atoms with E-state index >= 15 is 0 Å². The fourth-order valence-corrected chi connectivity index (χ4v) is 1.09. The van der Waals surface area contributed by atoms with Crippen molar-refractivity contribution in [3.05, 3.63) is 30.6 Å². The van der Waals surface area contributed by atoms with Crippen molar-refractivity contribution in [2.24, 2.45) is 0 Å². The summed E-state index contributed by atoms with van der Waals surface area (Å²) in [5, 5.41) is 0. The van der Waals surface area contributed by atoms with Crippen molar-refractivity contribution in [2.45, 2.75) is 13.3 Å². The Bertz CT molecular complexity index is 309. The molecule has 0 aliphatic heterocycles. The monoisotopic (exact) mass is 192 g/mol. The average Bonchev–Trinajstić information content (AvgIpc) is 2.25. The molecule has 0 aromatic carbocycles. The number of anilines is 1. The standard InChI is InChI=1S/C10H16N4/c1-4-8(2)10-9(13-14-11-3)6-5-7-12-10/h5-7,11,13-14H,2,4H2,1,3H3. The number of nitrogens with zero attached hydrogens (tertiary/aromatic N) is 1. The first-order valence-electron chi connectivity index (χ1n) is 4.60. The third kappa shape index (κ3) is 2.55. The Morgan fingerprint density at radius 2 is 2.36 bits per heavy atom. The van der Waals surface area contributed by atoms with Crippen molar-refractivity contribution in [1.29, 1.82) is 0 Å². The lowest BCUT2D eigenvalue weighted by Crippen LogP contribution is -2.33. The van der Waals surface area contributed by atoms with Crippen LogP contribution in [0.3, 0.4) is 0 Å². The van der Waals surface area contributed by atoms with Crippen molar-refractivity contribution in [3.8, 4) is 0 Å². The summed E-state index contributed by atoms with van der Waals surface area (Å²) in [4.78, 5) is 4.27. The summed E-state index contributed by atoms with van der Waals surface area (Å²) < 4.78 is 0. The second-order valence-electron chi connectivity index (χ2n) is 2.86. The first kappa shape index (κ1) is 10.7. The molecule has 1 aromatic rings. The van der Waals surface area contributed by atoms with Crippen molar-refractivity contribution in [2.75, 3.05) is 12.5 Å². The number of nitrogens with one attached hydrogen (secondary N) is 3. The number of rotatable bonds is 5. The zero-order valence-corrected chi connectivity index (χ0v) is 8.59. The molecule has 4 heteroatoms. The van der Waals surface area contributed by atoms with Gasteiger partial charge in [0.1, 0.15) is 0 Å². The van der Waals surface area contributed by atoms with E-state index < -0.39 is 0 Å². The van der Waals surface area contributed by atoms with Gasteiger partial charge in [0.05, 0.1) is 11.4 Å². The summed E-state index contributed by atoms with van der Waals surface area (Å²) in [6.45, 7) is 6.02. The lowest BCUT2D eigenvalue weighted by molar-refractivity contribution is 0.678. The van der Waals surface area contributed by atoms with Crippen molar-refractivity contribution in [1.82, 2.24) is 15.9 Å². The van der Waals surface area contributed by atoms with Gasteiger partial charge in [0.2, 0.25) is 0 Å². The largest absolute Gasteiger partial charge is 0.306 e. The zero-order valence-electron chi connectivity index (χ0n) is 8.59. The van der Waals surface area contributed by atoms with Crippen LogP contribution in [0, 0.1) is 0 Å². The van der Waals surface area contributed by atoms with E-state index in [1.54, 1.807) is 13.2 Å². The van der Waals surface area contributed by atoms with Gasteiger partial charge in [-0.2, -0.15) is 5.53 Å². The third-order valence-electron chi connectivity index (χ3n) is 1.89. The molecule has 14 heavy (non-hydrogen) atoms. The van der Waals surface area contributed by atoms with E-state index in [1.807, 2.05) is 12.1 Å². The van der Waals surface area contributed by atoms with Gasteiger partial charge >= 0.3 is 0 Å². The molecule has 0 aliphatic carbocycles. The van der Waals surface area contributed by atoms with E-state index in [9.17, 15) is 0 Å². The molecule has 3 N–H and O–H groups in total. The third-order valence-corrected chi connectivity index (χ3v) is 1.89. The summed E-state index contributed by atoms with van der Waals surface area (Å²) in [5.74, 6) is 0. The Labute approximate surface area is 84.4 Å². The number of hydrogen-bond donors (Lipinski definition) is 3. The summed E-state index contributed by atoms with van der Waals surface area (Å²) in [5.41, 5.74) is 11.4. The van der Waals surface area contributed by atoms with Crippen LogP contribution in [0.2, 0.25) is 0 Å². The highest BCUT2D eigenvalue weighted by molar-refractivity contribution is 5.71. The molecule has 0 saturated heterocycles. The van der Waals surface area contributed by atoms with Gasteiger partial charge in [-0.1, -0.05) is 13.5 Å². The lowest BCUT2D eigenvalue weighted by atomic mass is 10.1. The maximum atomic E-state index is 4.27. The van der Waals surface area contributed by atoms with Gasteiger partial charge in [-0.25, -0.2) is 5.43 Å². The van der Waals surface area contributed by atoms with Gasteiger partial charge < -0.3 is 5.43 Å². The highest BCUT2D eigenvalue weighted by Gasteiger charge is 2.04. The van der Waals surface area contributed by atoms with Gasteiger partial charge in [0.15, 0.2) is 0 Å². The Balaban J connectivity index is 2.85. The minimum absolute atomic E-state index is 0.894. The van der Waals surface area contributed by atoms with Gasteiger partial charge in [0.25, 0.3) is 0 Å². The number of hydrazine groups is 2. The minimum Gasteiger partial charge on any atom is -0.306 e. The van der Waals surface area contributed by atoms with Gasteiger partial charge in [0, 0.05) is 13.2 Å². The summed E-state index contributed by atoms with van der Waals surface area (Å²) >= 11 is 0. The number of hydrogen-bond acceptors (Lipinski definition) is 4. The van der Waals surface area contributed by atoms with Crippen LogP contribution < -0.4 is 16.4 Å². The SMILES string of the molecule is C=C(CC)c1ncccc1NNNC. The Morgan fingerprint density at radius 1 is 1.57 bits per heavy atom. The smallest absolute Gasteiger partial charge is 0.0900 e. The van der Waals surface area contributed by atoms with Crippen LogP contribution in [0.25, 0.3) is 5.57 Å². The van der Waals surface area contributed by atoms with E-state index in [0.29, 0.717) is 0 Å². The van der Waals surface area contributed by atoms with Crippen LogP contribution in [0.1, 0.15) is 19.0 Å². The minimum atomic E-state index is 0.894. The molecule has 0 radical (unpaired) electrons. The Hall–Kier alpha value is -1.39. The van der Waals surface area contributed by atoms with Crippen LogP contribution in [0.4, 0.5) is 5.69 Å². The van der Waals surface area contributed by atoms with E-state index in [1.165, 1.54) is 0 Å². The zero-order chi connectivity index (χ0) is 10.4. The average molecular weight is 192 g/mol. The molecule has 0 saturated carbocycles. The highest BCUT2D eigenvalue weighted by Crippen LogP contribution is 2.20. The predicted molar refractivity (Wildman–Crippen MR) is 59.4 cm³/mol. The fraction of sp³-hybridized carbons (Fsp3) is 0.300.